The van der Waals surface area contributed by atoms with Gasteiger partial charge in [0.05, 0.1) is 15.9 Å². The van der Waals surface area contributed by atoms with Gasteiger partial charge in [-0.2, -0.15) is 5.10 Å². The lowest BCUT2D eigenvalue weighted by Gasteiger charge is -2.22. The first kappa shape index (κ1) is 19.0. The highest BCUT2D eigenvalue weighted by molar-refractivity contribution is 5.67. The molecule has 0 atom stereocenters. The van der Waals surface area contributed by atoms with E-state index in [0.29, 0.717) is 6.42 Å². The van der Waals surface area contributed by atoms with Gasteiger partial charge < -0.3 is 0 Å². The number of nitrogens with one attached hydrogen (secondary N) is 1. The molecule has 0 saturated heterocycles. The molecule has 2 rings (SSSR count). The van der Waals surface area contributed by atoms with Crippen LogP contribution in [0.2, 0.25) is 0 Å². The largest absolute Gasteiger partial charge is 0.301 e. The fourth-order valence-corrected chi connectivity index (χ4v) is 2.51. The molecule has 2 aromatic rings. The van der Waals surface area contributed by atoms with Crippen molar-refractivity contribution in [2.45, 2.75) is 26.7 Å². The molecule has 8 nitrogen and oxygen atoms in total. The lowest BCUT2D eigenvalue weighted by Crippen LogP contribution is -2.15. The first-order chi connectivity index (χ1) is 12.3. The number of nitro benzene ring substituents is 2. The predicted molar refractivity (Wildman–Crippen MR) is 100 cm³/mol. The second kappa shape index (κ2) is 8.19. The molecule has 0 bridgehead atoms. The van der Waals surface area contributed by atoms with Crippen LogP contribution in [-0.2, 0) is 6.42 Å². The Morgan fingerprint density at radius 3 is 2.38 bits per heavy atom. The summed E-state index contributed by atoms with van der Waals surface area (Å²) in [5.41, 5.74) is 3.18. The second-order valence-corrected chi connectivity index (χ2v) is 6.67. The summed E-state index contributed by atoms with van der Waals surface area (Å²) in [6.07, 6.45) is 3.20. The monoisotopic (exact) mass is 356 g/mol. The predicted octanol–water partition coefficient (Wildman–Crippen LogP) is 4.56. The number of hydrogen-bond donors (Lipinski definition) is 1. The highest BCUT2D eigenvalue weighted by Gasteiger charge is 2.20. The first-order valence-corrected chi connectivity index (χ1v) is 8.03. The van der Waals surface area contributed by atoms with Gasteiger partial charge in [-0.1, -0.05) is 44.2 Å². The zero-order valence-electron chi connectivity index (χ0n) is 14.6. The number of anilines is 1. The van der Waals surface area contributed by atoms with Crippen LogP contribution < -0.4 is 5.43 Å². The van der Waals surface area contributed by atoms with E-state index in [-0.39, 0.29) is 22.5 Å². The van der Waals surface area contributed by atoms with Crippen molar-refractivity contribution >= 4 is 23.3 Å². The Balaban J connectivity index is 2.01. The Labute approximate surface area is 150 Å². The molecule has 2 aromatic carbocycles. The maximum Gasteiger partial charge on any atom is 0.301 e. The fraction of sp³-hybridized carbons (Fsp3) is 0.278. The van der Waals surface area contributed by atoms with Gasteiger partial charge in [0, 0.05) is 12.3 Å². The number of non-ortho nitro benzene ring substituents is 1. The molecule has 1 N–H and O–H groups in total. The van der Waals surface area contributed by atoms with E-state index in [1.165, 1.54) is 17.7 Å². The molecule has 0 fully saturated rings. The maximum absolute atomic E-state index is 11.1. The van der Waals surface area contributed by atoms with Crippen LogP contribution in [0.3, 0.4) is 0 Å². The molecule has 0 saturated carbocycles. The quantitative estimate of drug-likeness (QED) is 0.423. The average Bonchev–Trinajstić information content (AvgIpc) is 2.59. The number of benzene rings is 2. The lowest BCUT2D eigenvalue weighted by atomic mass is 9.83. The van der Waals surface area contributed by atoms with Crippen LogP contribution in [0.5, 0.6) is 0 Å². The minimum atomic E-state index is -0.676. The highest BCUT2D eigenvalue weighted by atomic mass is 16.6. The van der Waals surface area contributed by atoms with Crippen molar-refractivity contribution in [3.8, 4) is 0 Å². The Morgan fingerprint density at radius 1 is 1.08 bits per heavy atom. The third-order valence-electron chi connectivity index (χ3n) is 3.83. The number of hydrogen-bond acceptors (Lipinski definition) is 6. The van der Waals surface area contributed by atoms with E-state index in [4.69, 9.17) is 0 Å². The van der Waals surface area contributed by atoms with Gasteiger partial charge in [-0.15, -0.1) is 0 Å². The van der Waals surface area contributed by atoms with Crippen LogP contribution in [0.25, 0.3) is 0 Å². The van der Waals surface area contributed by atoms with Crippen molar-refractivity contribution in [3.63, 3.8) is 0 Å². The summed E-state index contributed by atoms with van der Waals surface area (Å²) in [5.74, 6) is 0. The van der Waals surface area contributed by atoms with E-state index >= 15 is 0 Å². The molecule has 0 aliphatic carbocycles. The normalized spacial score (nSPS) is 11.5. The van der Waals surface area contributed by atoms with Crippen LogP contribution in [-0.4, -0.2) is 16.1 Å². The van der Waals surface area contributed by atoms with Crippen LogP contribution in [0.15, 0.2) is 53.6 Å². The van der Waals surface area contributed by atoms with Gasteiger partial charge in [0.25, 0.3) is 5.69 Å². The minimum absolute atomic E-state index is 0.0338. The molecule has 0 radical (unpaired) electrons. The van der Waals surface area contributed by atoms with Crippen LogP contribution in [0, 0.1) is 25.6 Å². The summed E-state index contributed by atoms with van der Waals surface area (Å²) in [4.78, 5) is 20.5. The van der Waals surface area contributed by atoms with E-state index in [2.05, 4.69) is 36.5 Å². The van der Waals surface area contributed by atoms with Gasteiger partial charge in [-0.05, 0) is 29.9 Å². The van der Waals surface area contributed by atoms with Crippen molar-refractivity contribution in [1.29, 1.82) is 0 Å². The van der Waals surface area contributed by atoms with Crippen molar-refractivity contribution < 1.29 is 9.85 Å². The van der Waals surface area contributed by atoms with Gasteiger partial charge in [-0.3, -0.25) is 25.7 Å². The number of nitrogens with zero attached hydrogens (tertiary/aromatic N) is 3. The zero-order chi connectivity index (χ0) is 19.2. The third kappa shape index (κ3) is 5.37. The number of nitro groups is 2. The SMILES string of the molecule is CC(C)(C/C=N/Nc1ccc([N+](=O)[O-])cc1[N+](=O)[O-])Cc1ccccc1. The second-order valence-electron chi connectivity index (χ2n) is 6.67. The van der Waals surface area contributed by atoms with Crippen molar-refractivity contribution in [3.05, 3.63) is 74.3 Å². The molecule has 136 valence electrons. The Kier molecular flexibility index (Phi) is 6.00. The van der Waals surface area contributed by atoms with Gasteiger partial charge in [0.15, 0.2) is 0 Å². The van der Waals surface area contributed by atoms with Crippen LogP contribution in [0.1, 0.15) is 25.8 Å². The molecular weight excluding hydrogens is 336 g/mol. The molecule has 0 heterocycles. The van der Waals surface area contributed by atoms with E-state index in [1.54, 1.807) is 6.21 Å². The molecule has 0 unspecified atom stereocenters. The molecule has 26 heavy (non-hydrogen) atoms. The summed E-state index contributed by atoms with van der Waals surface area (Å²) < 4.78 is 0. The number of rotatable bonds is 8. The van der Waals surface area contributed by atoms with Gasteiger partial charge in [-0.25, -0.2) is 0 Å². The Bertz CT molecular complexity index is 819. The fourth-order valence-electron chi connectivity index (χ4n) is 2.51. The standard InChI is InChI=1S/C18H20N4O4/c1-18(2,13-14-6-4-3-5-7-14)10-11-19-20-16-9-8-15(21(23)24)12-17(16)22(25)26/h3-9,11-12,20H,10,13H2,1-2H3/b19-11+. The van der Waals surface area contributed by atoms with Crippen LogP contribution >= 0.6 is 0 Å². The molecule has 0 aliphatic rings. The van der Waals surface area contributed by atoms with E-state index in [1.807, 2.05) is 18.2 Å². The zero-order valence-corrected chi connectivity index (χ0v) is 14.6. The summed E-state index contributed by atoms with van der Waals surface area (Å²) in [7, 11) is 0. The van der Waals surface area contributed by atoms with Crippen molar-refractivity contribution in [2.75, 3.05) is 5.43 Å². The minimum Gasteiger partial charge on any atom is -0.272 e. The van der Waals surface area contributed by atoms with E-state index in [9.17, 15) is 20.2 Å². The lowest BCUT2D eigenvalue weighted by molar-refractivity contribution is -0.393. The molecule has 0 amide bonds. The van der Waals surface area contributed by atoms with E-state index < -0.39 is 9.85 Å². The van der Waals surface area contributed by atoms with Gasteiger partial charge >= 0.3 is 5.69 Å². The summed E-state index contributed by atoms with van der Waals surface area (Å²) in [6.45, 7) is 4.22. The van der Waals surface area contributed by atoms with Gasteiger partial charge in [0.1, 0.15) is 5.69 Å². The molecular formula is C18H20N4O4. The van der Waals surface area contributed by atoms with Gasteiger partial charge in [0.2, 0.25) is 0 Å². The summed E-state index contributed by atoms with van der Waals surface area (Å²) in [6, 6.07) is 13.5. The Hall–Kier alpha value is -3.29. The summed E-state index contributed by atoms with van der Waals surface area (Å²) in [5, 5.41) is 25.9. The average molecular weight is 356 g/mol. The third-order valence-corrected chi connectivity index (χ3v) is 3.83. The summed E-state index contributed by atoms with van der Waals surface area (Å²) >= 11 is 0. The Morgan fingerprint density at radius 2 is 1.77 bits per heavy atom. The smallest absolute Gasteiger partial charge is 0.272 e. The van der Waals surface area contributed by atoms with Crippen molar-refractivity contribution in [1.82, 2.24) is 0 Å². The van der Waals surface area contributed by atoms with E-state index in [0.717, 1.165) is 12.5 Å². The molecule has 0 spiro atoms. The van der Waals surface area contributed by atoms with Crippen LogP contribution in [0.4, 0.5) is 17.1 Å². The maximum atomic E-state index is 11.1. The molecule has 8 heteroatoms. The first-order valence-electron chi connectivity index (χ1n) is 8.03. The topological polar surface area (TPSA) is 111 Å². The molecule has 0 aromatic heterocycles. The van der Waals surface area contributed by atoms with Crippen molar-refractivity contribution in [2.24, 2.45) is 10.5 Å². The number of hydrazone groups is 1. The molecule has 0 aliphatic heterocycles. The highest BCUT2D eigenvalue weighted by Crippen LogP contribution is 2.29.